The van der Waals surface area contributed by atoms with Crippen molar-refractivity contribution in [3.63, 3.8) is 0 Å². The van der Waals surface area contributed by atoms with Gasteiger partial charge in [0, 0.05) is 29.5 Å². The quantitative estimate of drug-likeness (QED) is 0.876. The second-order valence-electron chi connectivity index (χ2n) is 6.56. The van der Waals surface area contributed by atoms with Gasteiger partial charge in [-0.2, -0.15) is 0 Å². The molecule has 3 atom stereocenters. The zero-order valence-corrected chi connectivity index (χ0v) is 13.5. The summed E-state index contributed by atoms with van der Waals surface area (Å²) in [5, 5.41) is 6.59. The number of piperidine rings is 1. The number of hydrogen-bond donors (Lipinski definition) is 2. The maximum atomic E-state index is 12.6. The Morgan fingerprint density at radius 1 is 1.36 bits per heavy atom. The van der Waals surface area contributed by atoms with E-state index in [0.717, 1.165) is 51.1 Å². The van der Waals surface area contributed by atoms with E-state index in [1.807, 2.05) is 18.2 Å². The highest BCUT2D eigenvalue weighted by molar-refractivity contribution is 5.85. The van der Waals surface area contributed by atoms with E-state index in [2.05, 4.69) is 16.7 Å². The minimum atomic E-state index is 0. The number of amides is 1. The highest BCUT2D eigenvalue weighted by Gasteiger charge is 2.61. The molecule has 1 saturated carbocycles. The molecule has 1 saturated heterocycles. The molecule has 2 fully saturated rings. The van der Waals surface area contributed by atoms with Gasteiger partial charge in [-0.25, -0.2) is 0 Å². The zero-order chi connectivity index (χ0) is 14.3. The number of ether oxygens (including phenoxy) is 1. The molecule has 5 heteroatoms. The van der Waals surface area contributed by atoms with Gasteiger partial charge in [-0.3, -0.25) is 4.79 Å². The molecule has 120 valence electrons. The van der Waals surface area contributed by atoms with Crippen molar-refractivity contribution in [2.24, 2.45) is 5.92 Å². The van der Waals surface area contributed by atoms with E-state index in [4.69, 9.17) is 4.74 Å². The van der Waals surface area contributed by atoms with Crippen LogP contribution in [0.25, 0.3) is 0 Å². The second kappa shape index (κ2) is 6.09. The van der Waals surface area contributed by atoms with E-state index >= 15 is 0 Å². The highest BCUT2D eigenvalue weighted by Crippen LogP contribution is 2.60. The van der Waals surface area contributed by atoms with E-state index in [1.54, 1.807) is 0 Å². The first-order valence-electron chi connectivity index (χ1n) is 8.03. The summed E-state index contributed by atoms with van der Waals surface area (Å²) in [6.07, 6.45) is 4.18. The summed E-state index contributed by atoms with van der Waals surface area (Å²) >= 11 is 0. The molecule has 1 aliphatic carbocycles. The summed E-state index contributed by atoms with van der Waals surface area (Å²) in [6.45, 7) is 2.71. The highest BCUT2D eigenvalue weighted by atomic mass is 35.5. The van der Waals surface area contributed by atoms with Crippen LogP contribution in [0.3, 0.4) is 0 Å². The lowest BCUT2D eigenvalue weighted by molar-refractivity contribution is -0.123. The van der Waals surface area contributed by atoms with E-state index in [-0.39, 0.29) is 29.6 Å². The Morgan fingerprint density at radius 3 is 3.05 bits per heavy atom. The first kappa shape index (κ1) is 15.6. The van der Waals surface area contributed by atoms with Crippen LogP contribution in [0.15, 0.2) is 24.3 Å². The Balaban J connectivity index is 0.00000144. The largest absolute Gasteiger partial charge is 0.493 e. The molecular formula is C17H23ClN2O2. The Bertz CT molecular complexity index is 559. The lowest BCUT2D eigenvalue weighted by Gasteiger charge is -2.28. The number of carbonyl (C=O) groups is 1. The van der Waals surface area contributed by atoms with Gasteiger partial charge >= 0.3 is 0 Å². The van der Waals surface area contributed by atoms with Gasteiger partial charge in [0.2, 0.25) is 5.91 Å². The molecule has 2 unspecified atom stereocenters. The van der Waals surface area contributed by atoms with E-state index in [1.165, 1.54) is 5.56 Å². The summed E-state index contributed by atoms with van der Waals surface area (Å²) in [6, 6.07) is 8.51. The summed E-state index contributed by atoms with van der Waals surface area (Å²) < 4.78 is 5.74. The van der Waals surface area contributed by atoms with Crippen LogP contribution in [-0.4, -0.2) is 31.6 Å². The monoisotopic (exact) mass is 322 g/mol. The Morgan fingerprint density at radius 2 is 2.23 bits per heavy atom. The van der Waals surface area contributed by atoms with Crippen molar-refractivity contribution in [2.75, 3.05) is 19.7 Å². The minimum absolute atomic E-state index is 0. The van der Waals surface area contributed by atoms with Crippen LogP contribution in [0, 0.1) is 5.92 Å². The van der Waals surface area contributed by atoms with E-state index in [0.29, 0.717) is 6.04 Å². The van der Waals surface area contributed by atoms with Gasteiger partial charge in [0.25, 0.3) is 0 Å². The van der Waals surface area contributed by atoms with Gasteiger partial charge in [0.1, 0.15) is 5.75 Å². The van der Waals surface area contributed by atoms with Crippen LogP contribution in [0.5, 0.6) is 5.75 Å². The lowest BCUT2D eigenvalue weighted by atomic mass is 9.87. The van der Waals surface area contributed by atoms with Gasteiger partial charge in [0.05, 0.1) is 6.61 Å². The second-order valence-corrected chi connectivity index (χ2v) is 6.56. The number of halogens is 1. The fourth-order valence-electron chi connectivity index (χ4n) is 3.98. The standard InChI is InChI=1S/C17H22N2O2.ClH/c20-16(19-12-4-3-8-18-11-12)14-10-17(14)7-9-21-15-6-2-1-5-13(15)17;/h1-2,5-6,12,14,18H,3-4,7-11H2,(H,19,20);1H/t12-,14?,17?;/m0./s1. The number of benzene rings is 1. The van der Waals surface area contributed by atoms with Gasteiger partial charge < -0.3 is 15.4 Å². The van der Waals surface area contributed by atoms with Gasteiger partial charge in [0.15, 0.2) is 0 Å². The SMILES string of the molecule is Cl.O=C(N[C@H]1CCCNC1)C1CC12CCOc1ccccc12. The van der Waals surface area contributed by atoms with Crippen LogP contribution in [0.2, 0.25) is 0 Å². The van der Waals surface area contributed by atoms with Crippen LogP contribution in [0.1, 0.15) is 31.2 Å². The predicted octanol–water partition coefficient (Wildman–Crippen LogP) is 2.02. The molecule has 2 heterocycles. The average Bonchev–Trinajstić information content (AvgIpc) is 3.24. The summed E-state index contributed by atoms with van der Waals surface area (Å²) in [4.78, 5) is 12.6. The number of hydrogen-bond acceptors (Lipinski definition) is 3. The number of carbonyl (C=O) groups excluding carboxylic acids is 1. The van der Waals surface area contributed by atoms with Crippen molar-refractivity contribution >= 4 is 18.3 Å². The molecule has 22 heavy (non-hydrogen) atoms. The van der Waals surface area contributed by atoms with Crippen molar-refractivity contribution in [1.82, 2.24) is 10.6 Å². The van der Waals surface area contributed by atoms with Gasteiger partial charge in [-0.1, -0.05) is 18.2 Å². The molecule has 2 aliphatic heterocycles. The van der Waals surface area contributed by atoms with Crippen molar-refractivity contribution in [2.45, 2.75) is 37.1 Å². The first-order chi connectivity index (χ1) is 10.3. The van der Waals surface area contributed by atoms with Crippen molar-refractivity contribution in [3.05, 3.63) is 29.8 Å². The molecule has 2 N–H and O–H groups in total. The Kier molecular flexibility index (Phi) is 4.33. The molecule has 1 spiro atoms. The molecule has 0 aromatic heterocycles. The predicted molar refractivity (Wildman–Crippen MR) is 87.6 cm³/mol. The fraction of sp³-hybridized carbons (Fsp3) is 0.588. The number of fused-ring (bicyclic) bond motifs is 2. The zero-order valence-electron chi connectivity index (χ0n) is 12.6. The smallest absolute Gasteiger partial charge is 0.224 e. The summed E-state index contributed by atoms with van der Waals surface area (Å²) in [5.74, 6) is 1.34. The maximum absolute atomic E-state index is 12.6. The maximum Gasteiger partial charge on any atom is 0.224 e. The lowest BCUT2D eigenvalue weighted by Crippen LogP contribution is -2.46. The third kappa shape index (κ3) is 2.59. The molecule has 4 nitrogen and oxygen atoms in total. The molecule has 1 aromatic rings. The summed E-state index contributed by atoms with van der Waals surface area (Å²) in [5.41, 5.74) is 1.28. The van der Waals surface area contributed by atoms with Crippen LogP contribution in [0.4, 0.5) is 0 Å². The first-order valence-corrected chi connectivity index (χ1v) is 8.03. The minimum Gasteiger partial charge on any atom is -0.493 e. The molecule has 0 bridgehead atoms. The molecular weight excluding hydrogens is 300 g/mol. The Hall–Kier alpha value is -1.26. The van der Waals surface area contributed by atoms with Crippen LogP contribution in [-0.2, 0) is 10.2 Å². The number of rotatable bonds is 2. The van der Waals surface area contributed by atoms with Crippen molar-refractivity contribution in [1.29, 1.82) is 0 Å². The number of nitrogens with one attached hydrogen (secondary N) is 2. The third-order valence-corrected chi connectivity index (χ3v) is 5.26. The van der Waals surface area contributed by atoms with Gasteiger partial charge in [-0.15, -0.1) is 12.4 Å². The summed E-state index contributed by atoms with van der Waals surface area (Å²) in [7, 11) is 0. The van der Waals surface area contributed by atoms with Crippen LogP contribution < -0.4 is 15.4 Å². The van der Waals surface area contributed by atoms with E-state index < -0.39 is 0 Å². The molecule has 1 amide bonds. The molecule has 0 radical (unpaired) electrons. The average molecular weight is 323 g/mol. The fourth-order valence-corrected chi connectivity index (χ4v) is 3.98. The molecule has 3 aliphatic rings. The van der Waals surface area contributed by atoms with Gasteiger partial charge in [-0.05, 0) is 38.3 Å². The third-order valence-electron chi connectivity index (χ3n) is 5.26. The van der Waals surface area contributed by atoms with Crippen molar-refractivity contribution < 1.29 is 9.53 Å². The Labute approximate surface area is 137 Å². The normalized spacial score (nSPS) is 32.4. The number of para-hydroxylation sites is 1. The molecule has 4 rings (SSSR count). The van der Waals surface area contributed by atoms with Crippen LogP contribution >= 0.6 is 12.4 Å². The van der Waals surface area contributed by atoms with Crippen molar-refractivity contribution in [3.8, 4) is 5.75 Å². The van der Waals surface area contributed by atoms with E-state index in [9.17, 15) is 4.79 Å². The molecule has 1 aromatic carbocycles. The topological polar surface area (TPSA) is 50.4 Å².